The number of rotatable bonds is 9. The summed E-state index contributed by atoms with van der Waals surface area (Å²) in [5, 5.41) is 34.8. The summed E-state index contributed by atoms with van der Waals surface area (Å²) in [7, 11) is 6.15. The van der Waals surface area contributed by atoms with Crippen molar-refractivity contribution >= 4 is 0 Å². The first-order valence-corrected chi connectivity index (χ1v) is 10.1. The van der Waals surface area contributed by atoms with Gasteiger partial charge in [-0.15, -0.1) is 10.2 Å². The molecule has 0 radical (unpaired) electrons. The fourth-order valence-corrected chi connectivity index (χ4v) is 3.56. The number of ether oxygens (including phenoxy) is 4. The van der Waals surface area contributed by atoms with Gasteiger partial charge in [-0.05, 0) is 12.1 Å². The van der Waals surface area contributed by atoms with Gasteiger partial charge in [-0.25, -0.2) is 9.36 Å². The van der Waals surface area contributed by atoms with E-state index in [1.54, 1.807) is 38.7 Å². The third kappa shape index (κ3) is 4.11. The van der Waals surface area contributed by atoms with E-state index >= 15 is 0 Å². The van der Waals surface area contributed by atoms with Crippen LogP contribution in [-0.4, -0.2) is 68.6 Å². The first kappa shape index (κ1) is 23.0. The van der Waals surface area contributed by atoms with Crippen LogP contribution in [0.25, 0.3) is 22.5 Å². The number of aliphatic hydroxyl groups excluding tert-OH is 2. The Kier molecular flexibility index (Phi) is 6.61. The Labute approximate surface area is 194 Å². The van der Waals surface area contributed by atoms with Crippen LogP contribution in [0.1, 0.15) is 11.4 Å². The van der Waals surface area contributed by atoms with Gasteiger partial charge in [0, 0.05) is 23.3 Å². The van der Waals surface area contributed by atoms with Gasteiger partial charge < -0.3 is 29.2 Å². The van der Waals surface area contributed by atoms with Gasteiger partial charge in [-0.3, -0.25) is 0 Å². The first-order chi connectivity index (χ1) is 16.6. The Morgan fingerprint density at radius 1 is 0.647 bits per heavy atom. The van der Waals surface area contributed by atoms with E-state index in [2.05, 4.69) is 20.6 Å². The van der Waals surface area contributed by atoms with Gasteiger partial charge >= 0.3 is 0 Å². The lowest BCUT2D eigenvalue weighted by molar-refractivity contribution is 0.276. The van der Waals surface area contributed by atoms with Crippen LogP contribution in [0, 0.1) is 0 Å². The van der Waals surface area contributed by atoms with Crippen molar-refractivity contribution in [3.63, 3.8) is 0 Å². The highest BCUT2D eigenvalue weighted by atomic mass is 16.5. The molecule has 4 aromatic rings. The summed E-state index contributed by atoms with van der Waals surface area (Å²) in [5.41, 5.74) is 3.32. The van der Waals surface area contributed by atoms with E-state index in [9.17, 15) is 10.2 Å². The molecule has 2 aromatic heterocycles. The van der Waals surface area contributed by atoms with Crippen LogP contribution in [0.2, 0.25) is 0 Å². The van der Waals surface area contributed by atoms with Crippen molar-refractivity contribution in [2.24, 2.45) is 0 Å². The lowest BCUT2D eigenvalue weighted by atomic mass is 10.0. The second-order valence-electron chi connectivity index (χ2n) is 7.08. The monoisotopic (exact) mass is 468 g/mol. The molecule has 2 N–H and O–H groups in total. The average molecular weight is 468 g/mol. The van der Waals surface area contributed by atoms with E-state index in [0.29, 0.717) is 56.9 Å². The molecule has 0 aliphatic heterocycles. The number of methoxy groups -OCH3 is 4. The minimum atomic E-state index is -0.235. The smallest absolute Gasteiger partial charge is 0.168 e. The van der Waals surface area contributed by atoms with Crippen LogP contribution in [0.4, 0.5) is 0 Å². The molecule has 34 heavy (non-hydrogen) atoms. The normalized spacial score (nSPS) is 10.9. The van der Waals surface area contributed by atoms with Crippen molar-refractivity contribution in [2.45, 2.75) is 13.2 Å². The number of aromatic nitrogens is 6. The molecule has 0 spiro atoms. The average Bonchev–Trinajstić information content (AvgIpc) is 3.56. The Hall–Kier alpha value is -4.16. The van der Waals surface area contributed by atoms with Crippen molar-refractivity contribution in [3.8, 4) is 45.5 Å². The van der Waals surface area contributed by atoms with E-state index in [1.165, 1.54) is 23.6 Å². The Bertz CT molecular complexity index is 1200. The van der Waals surface area contributed by atoms with Gasteiger partial charge in [0.25, 0.3) is 0 Å². The predicted molar refractivity (Wildman–Crippen MR) is 120 cm³/mol. The van der Waals surface area contributed by atoms with Crippen LogP contribution in [0.15, 0.2) is 36.7 Å². The van der Waals surface area contributed by atoms with Crippen molar-refractivity contribution in [1.82, 2.24) is 30.0 Å². The molecule has 2 aromatic carbocycles. The first-order valence-electron chi connectivity index (χ1n) is 10.1. The van der Waals surface area contributed by atoms with E-state index in [4.69, 9.17) is 18.9 Å². The third-order valence-corrected chi connectivity index (χ3v) is 5.15. The highest BCUT2D eigenvalue weighted by Gasteiger charge is 2.22. The Balaban J connectivity index is 1.99. The molecular formula is C22H24N6O6. The zero-order valence-corrected chi connectivity index (χ0v) is 19.1. The van der Waals surface area contributed by atoms with Crippen molar-refractivity contribution in [2.75, 3.05) is 28.4 Å². The molecule has 178 valence electrons. The lowest BCUT2D eigenvalue weighted by Crippen LogP contribution is -2.03. The molecule has 0 saturated carbocycles. The molecule has 0 fully saturated rings. The van der Waals surface area contributed by atoms with Crippen LogP contribution < -0.4 is 18.9 Å². The van der Waals surface area contributed by atoms with Gasteiger partial charge in [0.1, 0.15) is 11.4 Å². The summed E-state index contributed by atoms with van der Waals surface area (Å²) in [5.74, 6) is 1.82. The number of hydrogen-bond acceptors (Lipinski definition) is 10. The Morgan fingerprint density at radius 3 is 1.35 bits per heavy atom. The van der Waals surface area contributed by atoms with Crippen molar-refractivity contribution in [3.05, 3.63) is 48.0 Å². The maximum atomic E-state index is 9.38. The van der Waals surface area contributed by atoms with Crippen molar-refractivity contribution < 1.29 is 29.2 Å². The van der Waals surface area contributed by atoms with Gasteiger partial charge in [0.05, 0.1) is 65.4 Å². The number of benzene rings is 2. The molecule has 12 nitrogen and oxygen atoms in total. The molecule has 0 amide bonds. The van der Waals surface area contributed by atoms with E-state index in [1.807, 2.05) is 12.1 Å². The molecule has 0 aliphatic rings. The molecule has 0 atom stereocenters. The van der Waals surface area contributed by atoms with Crippen LogP contribution in [0.5, 0.6) is 23.0 Å². The lowest BCUT2D eigenvalue weighted by Gasteiger charge is -2.19. The maximum absolute atomic E-state index is 9.38. The molecule has 0 aliphatic carbocycles. The van der Waals surface area contributed by atoms with Crippen LogP contribution in [-0.2, 0) is 13.2 Å². The zero-order chi connectivity index (χ0) is 24.2. The topological polar surface area (TPSA) is 139 Å². The second kappa shape index (κ2) is 9.77. The quantitative estimate of drug-likeness (QED) is 0.372. The van der Waals surface area contributed by atoms with Crippen LogP contribution in [0.3, 0.4) is 0 Å². The van der Waals surface area contributed by atoms with Gasteiger partial charge in [-0.2, -0.15) is 0 Å². The highest BCUT2D eigenvalue weighted by molar-refractivity contribution is 5.84. The standard InChI is InChI=1S/C22H24N6O6/c1-31-19-7-15(27-9-13(11-29)23-25-27)5-17(21(19)33-3)18-6-16(8-20(32-2)22(18)34-4)28-10-14(12-30)24-26-28/h5-10,29-30H,11-12H2,1-4H3. The minimum Gasteiger partial charge on any atom is -0.493 e. The molecule has 0 unspecified atom stereocenters. The van der Waals surface area contributed by atoms with Gasteiger partial charge in [0.15, 0.2) is 23.0 Å². The molecule has 2 heterocycles. The number of hydrogen-bond donors (Lipinski definition) is 2. The van der Waals surface area contributed by atoms with Crippen molar-refractivity contribution in [1.29, 1.82) is 0 Å². The van der Waals surface area contributed by atoms with Gasteiger partial charge in [-0.1, -0.05) is 10.4 Å². The van der Waals surface area contributed by atoms with E-state index < -0.39 is 0 Å². The fourth-order valence-electron chi connectivity index (χ4n) is 3.56. The summed E-state index contributed by atoms with van der Waals surface area (Å²) < 4.78 is 25.6. The maximum Gasteiger partial charge on any atom is 0.168 e. The number of nitrogens with zero attached hydrogens (tertiary/aromatic N) is 6. The minimum absolute atomic E-state index is 0.235. The molecular weight excluding hydrogens is 444 g/mol. The van der Waals surface area contributed by atoms with E-state index in [0.717, 1.165) is 0 Å². The predicted octanol–water partition coefficient (Wildman–Crippen LogP) is 1.53. The van der Waals surface area contributed by atoms with E-state index in [-0.39, 0.29) is 13.2 Å². The molecule has 0 bridgehead atoms. The molecule has 0 saturated heterocycles. The second-order valence-corrected chi connectivity index (χ2v) is 7.08. The number of aliphatic hydroxyl groups is 2. The SMILES string of the molecule is COc1cc(-n2cc(CO)nn2)cc(-c2cc(-n3cc(CO)nn3)cc(OC)c2OC)c1OC. The van der Waals surface area contributed by atoms with Crippen LogP contribution >= 0.6 is 0 Å². The fraction of sp³-hybridized carbons (Fsp3) is 0.273. The summed E-state index contributed by atoms with van der Waals surface area (Å²) in [6, 6.07) is 7.16. The highest BCUT2D eigenvalue weighted by Crippen LogP contribution is 2.47. The molecule has 4 rings (SSSR count). The summed E-state index contributed by atoms with van der Waals surface area (Å²) >= 11 is 0. The van der Waals surface area contributed by atoms with Gasteiger partial charge in [0.2, 0.25) is 0 Å². The third-order valence-electron chi connectivity index (χ3n) is 5.15. The molecule has 12 heteroatoms. The largest absolute Gasteiger partial charge is 0.493 e. The summed E-state index contributed by atoms with van der Waals surface area (Å²) in [6.07, 6.45) is 3.23. The summed E-state index contributed by atoms with van der Waals surface area (Å²) in [4.78, 5) is 0. The zero-order valence-electron chi connectivity index (χ0n) is 19.1. The summed E-state index contributed by atoms with van der Waals surface area (Å²) in [6.45, 7) is -0.470. The Morgan fingerprint density at radius 2 is 1.06 bits per heavy atom.